The number of carbonyl (C=O) groups is 1. The standard InChI is InChI=1S/C19H20O4/c1-11(2)19-17(12-4-7-14(22-3)8-5-12)18(21)15-9-6-13(20)10-16(15)23-19/h4-11,17,19-20H,1-3H3. The van der Waals surface area contributed by atoms with Crippen molar-refractivity contribution in [1.29, 1.82) is 0 Å². The van der Waals surface area contributed by atoms with E-state index in [1.165, 1.54) is 12.1 Å². The van der Waals surface area contributed by atoms with Gasteiger partial charge < -0.3 is 14.6 Å². The molecule has 2 atom stereocenters. The summed E-state index contributed by atoms with van der Waals surface area (Å²) in [5.41, 5.74) is 1.42. The first-order valence-corrected chi connectivity index (χ1v) is 7.69. The third-order valence-electron chi connectivity index (χ3n) is 4.24. The Kier molecular flexibility index (Phi) is 3.99. The molecule has 120 valence electrons. The van der Waals surface area contributed by atoms with Gasteiger partial charge in [-0.05, 0) is 35.7 Å². The molecule has 0 fully saturated rings. The molecule has 1 heterocycles. The van der Waals surface area contributed by atoms with Gasteiger partial charge in [0.2, 0.25) is 0 Å². The van der Waals surface area contributed by atoms with E-state index < -0.39 is 0 Å². The first kappa shape index (κ1) is 15.4. The van der Waals surface area contributed by atoms with Gasteiger partial charge in [0.05, 0.1) is 18.6 Å². The highest BCUT2D eigenvalue weighted by molar-refractivity contribution is 6.04. The van der Waals surface area contributed by atoms with E-state index in [1.807, 2.05) is 38.1 Å². The number of ether oxygens (including phenoxy) is 2. The van der Waals surface area contributed by atoms with Crippen LogP contribution in [0.1, 0.15) is 35.7 Å². The smallest absolute Gasteiger partial charge is 0.177 e. The van der Waals surface area contributed by atoms with Crippen LogP contribution in [0.25, 0.3) is 0 Å². The summed E-state index contributed by atoms with van der Waals surface area (Å²) in [5.74, 6) is 1.12. The van der Waals surface area contributed by atoms with Crippen LogP contribution in [0.2, 0.25) is 0 Å². The van der Waals surface area contributed by atoms with E-state index >= 15 is 0 Å². The Balaban J connectivity index is 2.05. The van der Waals surface area contributed by atoms with Crippen LogP contribution in [-0.4, -0.2) is 24.1 Å². The molecule has 23 heavy (non-hydrogen) atoms. The molecule has 1 aliphatic heterocycles. The normalized spacial score (nSPS) is 20.1. The summed E-state index contributed by atoms with van der Waals surface area (Å²) in [4.78, 5) is 13.0. The summed E-state index contributed by atoms with van der Waals surface area (Å²) in [5, 5.41) is 9.63. The van der Waals surface area contributed by atoms with Crippen molar-refractivity contribution in [3.05, 3.63) is 53.6 Å². The molecule has 0 amide bonds. The lowest BCUT2D eigenvalue weighted by atomic mass is 9.79. The lowest BCUT2D eigenvalue weighted by molar-refractivity contribution is 0.0678. The van der Waals surface area contributed by atoms with Crippen LogP contribution >= 0.6 is 0 Å². The summed E-state index contributed by atoms with van der Waals surface area (Å²) in [6.07, 6.45) is -0.273. The van der Waals surface area contributed by atoms with Gasteiger partial charge in [-0.1, -0.05) is 26.0 Å². The Morgan fingerprint density at radius 2 is 1.83 bits per heavy atom. The second-order valence-electron chi connectivity index (χ2n) is 6.12. The molecule has 4 nitrogen and oxygen atoms in total. The fourth-order valence-corrected chi connectivity index (χ4v) is 3.02. The van der Waals surface area contributed by atoms with Gasteiger partial charge in [0, 0.05) is 6.07 Å². The third-order valence-corrected chi connectivity index (χ3v) is 4.24. The van der Waals surface area contributed by atoms with Gasteiger partial charge in [-0.3, -0.25) is 4.79 Å². The Morgan fingerprint density at radius 3 is 2.43 bits per heavy atom. The highest BCUT2D eigenvalue weighted by Gasteiger charge is 2.39. The lowest BCUT2D eigenvalue weighted by Gasteiger charge is -2.35. The summed E-state index contributed by atoms with van der Waals surface area (Å²) in [6, 6.07) is 12.2. The van der Waals surface area contributed by atoms with E-state index in [0.29, 0.717) is 11.3 Å². The maximum absolute atomic E-state index is 13.0. The highest BCUT2D eigenvalue weighted by atomic mass is 16.5. The quantitative estimate of drug-likeness (QED) is 0.937. The van der Waals surface area contributed by atoms with Crippen LogP contribution in [0.3, 0.4) is 0 Å². The molecule has 0 saturated carbocycles. The summed E-state index contributed by atoms with van der Waals surface area (Å²) >= 11 is 0. The number of methoxy groups -OCH3 is 1. The predicted octanol–water partition coefficient (Wildman–Crippen LogP) is 3.78. The SMILES string of the molecule is COc1ccc(C2C(=O)c3ccc(O)cc3OC2C(C)C)cc1. The van der Waals surface area contributed by atoms with Crippen molar-refractivity contribution in [3.8, 4) is 17.2 Å². The molecule has 0 radical (unpaired) electrons. The number of phenols is 1. The van der Waals surface area contributed by atoms with E-state index in [-0.39, 0.29) is 29.5 Å². The number of hydrogen-bond donors (Lipinski definition) is 1. The van der Waals surface area contributed by atoms with Gasteiger partial charge in [-0.25, -0.2) is 0 Å². The van der Waals surface area contributed by atoms with Gasteiger partial charge in [0.25, 0.3) is 0 Å². The molecule has 0 aromatic heterocycles. The minimum atomic E-state index is -0.363. The van der Waals surface area contributed by atoms with Crippen molar-refractivity contribution >= 4 is 5.78 Å². The molecule has 0 aliphatic carbocycles. The first-order valence-electron chi connectivity index (χ1n) is 7.69. The number of ketones is 1. The molecule has 3 rings (SSSR count). The van der Waals surface area contributed by atoms with Crippen LogP contribution in [0.15, 0.2) is 42.5 Å². The molecule has 1 aliphatic rings. The van der Waals surface area contributed by atoms with E-state index in [1.54, 1.807) is 13.2 Å². The maximum Gasteiger partial charge on any atom is 0.177 e. The zero-order valence-corrected chi connectivity index (χ0v) is 13.4. The van der Waals surface area contributed by atoms with E-state index in [4.69, 9.17) is 9.47 Å². The van der Waals surface area contributed by atoms with Gasteiger partial charge in [-0.2, -0.15) is 0 Å². The third kappa shape index (κ3) is 2.77. The van der Waals surface area contributed by atoms with Gasteiger partial charge in [0.1, 0.15) is 23.4 Å². The Morgan fingerprint density at radius 1 is 1.13 bits per heavy atom. The number of carbonyl (C=O) groups excluding carboxylic acids is 1. The van der Waals surface area contributed by atoms with Crippen LogP contribution in [0, 0.1) is 5.92 Å². The van der Waals surface area contributed by atoms with Crippen LogP contribution in [0.5, 0.6) is 17.2 Å². The monoisotopic (exact) mass is 312 g/mol. The summed E-state index contributed by atoms with van der Waals surface area (Å²) in [6.45, 7) is 4.06. The molecular weight excluding hydrogens is 292 g/mol. The number of aromatic hydroxyl groups is 1. The Hall–Kier alpha value is -2.49. The van der Waals surface area contributed by atoms with Crippen molar-refractivity contribution in [2.45, 2.75) is 25.9 Å². The molecule has 2 aromatic rings. The molecule has 2 unspecified atom stereocenters. The number of Topliss-reactive ketones (excluding diaryl/α,β-unsaturated/α-hetero) is 1. The minimum Gasteiger partial charge on any atom is -0.508 e. The molecular formula is C19H20O4. The fraction of sp³-hybridized carbons (Fsp3) is 0.316. The zero-order chi connectivity index (χ0) is 16.6. The van der Waals surface area contributed by atoms with Crippen molar-refractivity contribution in [1.82, 2.24) is 0 Å². The van der Waals surface area contributed by atoms with Crippen LogP contribution < -0.4 is 9.47 Å². The second-order valence-corrected chi connectivity index (χ2v) is 6.12. The number of hydrogen-bond acceptors (Lipinski definition) is 4. The average Bonchev–Trinajstić information content (AvgIpc) is 2.54. The topological polar surface area (TPSA) is 55.8 Å². The minimum absolute atomic E-state index is 0.0233. The van der Waals surface area contributed by atoms with Crippen LogP contribution in [-0.2, 0) is 0 Å². The first-order chi connectivity index (χ1) is 11.0. The van der Waals surface area contributed by atoms with E-state index in [9.17, 15) is 9.90 Å². The molecule has 1 N–H and O–H groups in total. The van der Waals surface area contributed by atoms with E-state index in [0.717, 1.165) is 11.3 Å². The number of rotatable bonds is 3. The van der Waals surface area contributed by atoms with Crippen molar-refractivity contribution < 1.29 is 19.4 Å². The fourth-order valence-electron chi connectivity index (χ4n) is 3.02. The summed E-state index contributed by atoms with van der Waals surface area (Å²) < 4.78 is 11.2. The van der Waals surface area contributed by atoms with Gasteiger partial charge in [0.15, 0.2) is 5.78 Å². The van der Waals surface area contributed by atoms with Crippen molar-refractivity contribution in [2.24, 2.45) is 5.92 Å². The molecule has 0 saturated heterocycles. The Bertz CT molecular complexity index is 719. The van der Waals surface area contributed by atoms with Crippen LogP contribution in [0.4, 0.5) is 0 Å². The van der Waals surface area contributed by atoms with Crippen molar-refractivity contribution in [3.63, 3.8) is 0 Å². The van der Waals surface area contributed by atoms with E-state index in [2.05, 4.69) is 0 Å². The molecule has 0 bridgehead atoms. The van der Waals surface area contributed by atoms with Gasteiger partial charge in [-0.15, -0.1) is 0 Å². The largest absolute Gasteiger partial charge is 0.508 e. The predicted molar refractivity (Wildman–Crippen MR) is 87.4 cm³/mol. The summed E-state index contributed by atoms with van der Waals surface area (Å²) in [7, 11) is 1.61. The lowest BCUT2D eigenvalue weighted by Crippen LogP contribution is -2.39. The Labute approximate surface area is 135 Å². The number of benzene rings is 2. The molecule has 0 spiro atoms. The molecule has 4 heteroatoms. The maximum atomic E-state index is 13.0. The second kappa shape index (κ2) is 5.95. The molecule has 2 aromatic carbocycles. The highest BCUT2D eigenvalue weighted by Crippen LogP contribution is 2.40. The average molecular weight is 312 g/mol. The van der Waals surface area contributed by atoms with Crippen molar-refractivity contribution in [2.75, 3.05) is 7.11 Å². The number of fused-ring (bicyclic) bond motifs is 1. The van der Waals surface area contributed by atoms with Gasteiger partial charge >= 0.3 is 0 Å². The zero-order valence-electron chi connectivity index (χ0n) is 13.4. The number of phenolic OH excluding ortho intramolecular Hbond substituents is 1.